The predicted molar refractivity (Wildman–Crippen MR) is 51.5 cm³/mol. The van der Waals surface area contributed by atoms with Crippen molar-refractivity contribution in [1.82, 2.24) is 4.98 Å². The van der Waals surface area contributed by atoms with E-state index < -0.39 is 0 Å². The molecule has 2 nitrogen and oxygen atoms in total. The summed E-state index contributed by atoms with van der Waals surface area (Å²) < 4.78 is 4.95. The highest BCUT2D eigenvalue weighted by Gasteiger charge is 1.91. The van der Waals surface area contributed by atoms with Crippen LogP contribution in [0, 0.1) is 0 Å². The molecule has 68 valence electrons. The van der Waals surface area contributed by atoms with Gasteiger partial charge in [-0.15, -0.1) is 0 Å². The quantitative estimate of drug-likeness (QED) is 0.675. The Labute approximate surface area is 74.6 Å². The van der Waals surface area contributed by atoms with E-state index in [9.17, 15) is 0 Å². The van der Waals surface area contributed by atoms with Gasteiger partial charge in [0.05, 0.1) is 7.11 Å². The summed E-state index contributed by atoms with van der Waals surface area (Å²) in [5.41, 5.74) is 1.26. The Kier molecular flexibility index (Phi) is 6.07. The highest BCUT2D eigenvalue weighted by atomic mass is 16.5. The molecule has 1 rings (SSSR count). The number of methoxy groups -OCH3 is 1. The summed E-state index contributed by atoms with van der Waals surface area (Å²) in [5, 5.41) is 0. The van der Waals surface area contributed by atoms with Crippen LogP contribution in [-0.2, 0) is 6.42 Å². The van der Waals surface area contributed by atoms with Gasteiger partial charge in [0.1, 0.15) is 0 Å². The summed E-state index contributed by atoms with van der Waals surface area (Å²) in [5.74, 6) is 0.694. The van der Waals surface area contributed by atoms with Crippen molar-refractivity contribution in [2.45, 2.75) is 27.2 Å². The molecule has 0 saturated heterocycles. The number of nitrogens with zero attached hydrogens (tertiary/aromatic N) is 1. The van der Waals surface area contributed by atoms with Crippen molar-refractivity contribution in [3.05, 3.63) is 23.9 Å². The molecule has 0 aliphatic heterocycles. The summed E-state index contributed by atoms with van der Waals surface area (Å²) >= 11 is 0. The number of aromatic nitrogens is 1. The number of rotatable bonds is 2. The summed E-state index contributed by atoms with van der Waals surface area (Å²) in [4.78, 5) is 3.98. The molecule has 0 atom stereocenters. The highest BCUT2D eigenvalue weighted by molar-refractivity contribution is 5.19. The lowest BCUT2D eigenvalue weighted by molar-refractivity contribution is 0.397. The van der Waals surface area contributed by atoms with Crippen LogP contribution in [0.15, 0.2) is 18.3 Å². The van der Waals surface area contributed by atoms with E-state index in [0.29, 0.717) is 5.88 Å². The van der Waals surface area contributed by atoms with Gasteiger partial charge in [-0.1, -0.05) is 20.8 Å². The number of hydrogen-bond acceptors (Lipinski definition) is 2. The van der Waals surface area contributed by atoms with Crippen molar-refractivity contribution in [2.75, 3.05) is 7.11 Å². The molecule has 0 N–H and O–H groups in total. The third-order valence-corrected chi connectivity index (χ3v) is 1.42. The van der Waals surface area contributed by atoms with E-state index in [1.807, 2.05) is 26.0 Å². The van der Waals surface area contributed by atoms with Crippen molar-refractivity contribution in [3.63, 3.8) is 0 Å². The zero-order valence-corrected chi connectivity index (χ0v) is 8.29. The van der Waals surface area contributed by atoms with Crippen molar-refractivity contribution in [3.8, 4) is 5.88 Å². The van der Waals surface area contributed by atoms with E-state index >= 15 is 0 Å². The first-order chi connectivity index (χ1) is 5.86. The van der Waals surface area contributed by atoms with Gasteiger partial charge in [-0.25, -0.2) is 4.98 Å². The zero-order chi connectivity index (χ0) is 9.40. The molecule has 12 heavy (non-hydrogen) atoms. The molecule has 0 bridgehead atoms. The molecule has 0 spiro atoms. The van der Waals surface area contributed by atoms with E-state index in [1.165, 1.54) is 5.56 Å². The Hall–Kier alpha value is -1.05. The van der Waals surface area contributed by atoms with Gasteiger partial charge in [0.15, 0.2) is 0 Å². The standard InChI is InChI=1S/C8H11NO.C2H6/c1-3-7-4-5-9-8(6-7)10-2;1-2/h4-6H,3H2,1-2H3;1-2H3. The Balaban J connectivity index is 0.000000561. The number of aryl methyl sites for hydroxylation is 1. The summed E-state index contributed by atoms with van der Waals surface area (Å²) in [6.07, 6.45) is 2.79. The number of hydrogen-bond donors (Lipinski definition) is 0. The van der Waals surface area contributed by atoms with Crippen LogP contribution in [0.25, 0.3) is 0 Å². The average Bonchev–Trinajstić information content (AvgIpc) is 2.21. The summed E-state index contributed by atoms with van der Waals surface area (Å²) in [6.45, 7) is 6.11. The van der Waals surface area contributed by atoms with Crippen LogP contribution in [0.4, 0.5) is 0 Å². The smallest absolute Gasteiger partial charge is 0.213 e. The second kappa shape index (κ2) is 6.65. The van der Waals surface area contributed by atoms with Gasteiger partial charge < -0.3 is 4.74 Å². The van der Waals surface area contributed by atoms with Crippen molar-refractivity contribution < 1.29 is 4.74 Å². The van der Waals surface area contributed by atoms with Crippen LogP contribution in [0.5, 0.6) is 5.88 Å². The second-order valence-corrected chi connectivity index (χ2v) is 2.06. The minimum Gasteiger partial charge on any atom is -0.481 e. The fourth-order valence-electron chi connectivity index (χ4n) is 0.782. The Morgan fingerprint density at radius 2 is 2.08 bits per heavy atom. The molecule has 0 aromatic carbocycles. The van der Waals surface area contributed by atoms with Crippen LogP contribution in [0.1, 0.15) is 26.3 Å². The molecular weight excluding hydrogens is 150 g/mol. The van der Waals surface area contributed by atoms with Crippen molar-refractivity contribution in [2.24, 2.45) is 0 Å². The van der Waals surface area contributed by atoms with E-state index in [-0.39, 0.29) is 0 Å². The maximum atomic E-state index is 4.95. The van der Waals surface area contributed by atoms with Gasteiger partial charge in [0, 0.05) is 12.3 Å². The lowest BCUT2D eigenvalue weighted by Gasteiger charge is -1.98. The molecule has 1 heterocycles. The van der Waals surface area contributed by atoms with Crippen LogP contribution in [-0.4, -0.2) is 12.1 Å². The minimum atomic E-state index is 0.694. The first kappa shape index (κ1) is 11.0. The molecule has 0 amide bonds. The van der Waals surface area contributed by atoms with Crippen LogP contribution in [0.3, 0.4) is 0 Å². The molecule has 0 saturated carbocycles. The largest absolute Gasteiger partial charge is 0.481 e. The second-order valence-electron chi connectivity index (χ2n) is 2.06. The molecule has 0 aliphatic rings. The van der Waals surface area contributed by atoms with Crippen molar-refractivity contribution >= 4 is 0 Å². The average molecular weight is 167 g/mol. The normalized spacial score (nSPS) is 8.33. The Morgan fingerprint density at radius 1 is 1.42 bits per heavy atom. The maximum absolute atomic E-state index is 4.95. The van der Waals surface area contributed by atoms with E-state index in [1.54, 1.807) is 13.3 Å². The van der Waals surface area contributed by atoms with Gasteiger partial charge in [-0.2, -0.15) is 0 Å². The monoisotopic (exact) mass is 167 g/mol. The lowest BCUT2D eigenvalue weighted by Crippen LogP contribution is -1.88. The Morgan fingerprint density at radius 3 is 2.58 bits per heavy atom. The molecular formula is C10H17NO. The summed E-state index contributed by atoms with van der Waals surface area (Å²) in [6, 6.07) is 3.93. The van der Waals surface area contributed by atoms with Crippen LogP contribution < -0.4 is 4.74 Å². The molecule has 2 heteroatoms. The fraction of sp³-hybridized carbons (Fsp3) is 0.500. The van der Waals surface area contributed by atoms with Crippen molar-refractivity contribution in [1.29, 1.82) is 0 Å². The predicted octanol–water partition coefficient (Wildman–Crippen LogP) is 2.68. The lowest BCUT2D eigenvalue weighted by atomic mass is 10.2. The van der Waals surface area contributed by atoms with Gasteiger partial charge in [0.25, 0.3) is 0 Å². The van der Waals surface area contributed by atoms with E-state index in [0.717, 1.165) is 6.42 Å². The van der Waals surface area contributed by atoms with Crippen LogP contribution in [0.2, 0.25) is 0 Å². The third kappa shape index (κ3) is 3.37. The van der Waals surface area contributed by atoms with E-state index in [2.05, 4.69) is 11.9 Å². The maximum Gasteiger partial charge on any atom is 0.213 e. The van der Waals surface area contributed by atoms with Crippen LogP contribution >= 0.6 is 0 Å². The number of pyridine rings is 1. The molecule has 0 aliphatic carbocycles. The third-order valence-electron chi connectivity index (χ3n) is 1.42. The molecule has 0 unspecified atom stereocenters. The minimum absolute atomic E-state index is 0.694. The molecule has 0 fully saturated rings. The van der Waals surface area contributed by atoms with Gasteiger partial charge in [0.2, 0.25) is 5.88 Å². The summed E-state index contributed by atoms with van der Waals surface area (Å²) in [7, 11) is 1.63. The zero-order valence-electron chi connectivity index (χ0n) is 8.29. The van der Waals surface area contributed by atoms with Gasteiger partial charge >= 0.3 is 0 Å². The van der Waals surface area contributed by atoms with Gasteiger partial charge in [-0.05, 0) is 18.1 Å². The number of ether oxygens (including phenoxy) is 1. The SMILES string of the molecule is CC.CCc1ccnc(OC)c1. The van der Waals surface area contributed by atoms with Gasteiger partial charge in [-0.3, -0.25) is 0 Å². The first-order valence-corrected chi connectivity index (χ1v) is 4.35. The Bertz CT molecular complexity index is 191. The highest BCUT2D eigenvalue weighted by Crippen LogP contribution is 2.07. The molecule has 0 radical (unpaired) electrons. The fourth-order valence-corrected chi connectivity index (χ4v) is 0.782. The van der Waals surface area contributed by atoms with E-state index in [4.69, 9.17) is 4.74 Å². The first-order valence-electron chi connectivity index (χ1n) is 4.35. The molecule has 1 aromatic heterocycles. The molecule has 1 aromatic rings. The topological polar surface area (TPSA) is 22.1 Å².